The molecule has 0 fully saturated rings. The smallest absolute Gasteiger partial charge is 0.222 e. The average molecular weight is 238 g/mol. The van der Waals surface area contributed by atoms with E-state index in [4.69, 9.17) is 5.26 Å². The number of benzene rings is 1. The second-order valence-corrected chi connectivity index (χ2v) is 5.23. The van der Waals surface area contributed by atoms with Gasteiger partial charge in [-0.3, -0.25) is 4.72 Å². The molecule has 0 aliphatic heterocycles. The zero-order valence-electron chi connectivity index (χ0n) is 9.44. The minimum atomic E-state index is -2.74. The average Bonchev–Trinajstić information content (AvgIpc) is 2.15. The van der Waals surface area contributed by atoms with Gasteiger partial charge in [0, 0.05) is 0 Å². The Morgan fingerprint density at radius 1 is 1.31 bits per heavy atom. The van der Waals surface area contributed by atoms with Crippen molar-refractivity contribution in [3.05, 3.63) is 29.3 Å². The molecule has 0 heterocycles. The summed E-state index contributed by atoms with van der Waals surface area (Å²) >= 11 is 0. The molecular weight excluding hydrogens is 224 g/mol. The van der Waals surface area contributed by atoms with Crippen molar-refractivity contribution in [3.63, 3.8) is 0 Å². The predicted octanol–water partition coefficient (Wildman–Crippen LogP) is 1.79. The van der Waals surface area contributed by atoms with Crippen LogP contribution in [0.3, 0.4) is 0 Å². The Morgan fingerprint density at radius 2 is 1.94 bits per heavy atom. The summed E-state index contributed by atoms with van der Waals surface area (Å²) in [6.45, 7) is 6.10. The van der Waals surface area contributed by atoms with Gasteiger partial charge >= 0.3 is 0 Å². The lowest BCUT2D eigenvalue weighted by Gasteiger charge is -2.19. The van der Waals surface area contributed by atoms with E-state index in [0.29, 0.717) is 11.3 Å². The highest BCUT2D eigenvalue weighted by Crippen LogP contribution is 2.26. The third-order valence-electron chi connectivity index (χ3n) is 2.22. The number of rotatable bonds is 2. The Hall–Kier alpha value is -1.54. The molecule has 1 aromatic rings. The van der Waals surface area contributed by atoms with Crippen molar-refractivity contribution in [1.29, 1.82) is 5.26 Å². The third-order valence-corrected chi connectivity index (χ3v) is 2.64. The van der Waals surface area contributed by atoms with Crippen LogP contribution in [0.4, 0.5) is 5.69 Å². The number of anilines is 1. The van der Waals surface area contributed by atoms with Crippen LogP contribution in [0.1, 0.15) is 31.9 Å². The third kappa shape index (κ3) is 2.97. The first-order chi connectivity index (χ1) is 7.34. The van der Waals surface area contributed by atoms with E-state index in [-0.39, 0.29) is 5.41 Å². The zero-order chi connectivity index (χ0) is 12.3. The van der Waals surface area contributed by atoms with Gasteiger partial charge in [0.15, 0.2) is 0 Å². The molecule has 4 nitrogen and oxygen atoms in total. The van der Waals surface area contributed by atoms with Crippen molar-refractivity contribution >= 4 is 16.6 Å². The first kappa shape index (κ1) is 12.5. The normalized spacial score (nSPS) is 11.2. The first-order valence-corrected chi connectivity index (χ1v) is 5.98. The summed E-state index contributed by atoms with van der Waals surface area (Å²) in [6.07, 6.45) is 0. The second-order valence-electron chi connectivity index (χ2n) is 4.49. The van der Waals surface area contributed by atoms with Gasteiger partial charge in [-0.1, -0.05) is 26.8 Å². The Labute approximate surface area is 97.0 Å². The minimum Gasteiger partial charge on any atom is -0.284 e. The van der Waals surface area contributed by atoms with E-state index in [1.807, 2.05) is 32.9 Å². The van der Waals surface area contributed by atoms with Crippen LogP contribution in [-0.4, -0.2) is 8.42 Å². The summed E-state index contributed by atoms with van der Waals surface area (Å²) in [4.78, 5) is 0. The van der Waals surface area contributed by atoms with Gasteiger partial charge in [-0.05, 0) is 23.1 Å². The lowest BCUT2D eigenvalue weighted by atomic mass is 9.86. The molecule has 1 aromatic carbocycles. The van der Waals surface area contributed by atoms with Crippen molar-refractivity contribution in [2.24, 2.45) is 0 Å². The molecule has 16 heavy (non-hydrogen) atoms. The van der Waals surface area contributed by atoms with Crippen LogP contribution in [-0.2, 0) is 16.3 Å². The highest BCUT2D eigenvalue weighted by molar-refractivity contribution is 7.73. The highest BCUT2D eigenvalue weighted by Gasteiger charge is 2.15. The highest BCUT2D eigenvalue weighted by atomic mass is 32.2. The van der Waals surface area contributed by atoms with Crippen molar-refractivity contribution in [1.82, 2.24) is 0 Å². The van der Waals surface area contributed by atoms with Gasteiger partial charge in [-0.15, -0.1) is 0 Å². The van der Waals surface area contributed by atoms with Gasteiger partial charge in [0.05, 0.1) is 11.3 Å². The SMILES string of the molecule is CC(C)(C)c1ccc(N[SH](=O)=O)c(C#N)c1. The largest absolute Gasteiger partial charge is 0.284 e. The summed E-state index contributed by atoms with van der Waals surface area (Å²) < 4.78 is 23.3. The van der Waals surface area contributed by atoms with Crippen LogP contribution in [0.15, 0.2) is 18.2 Å². The molecule has 0 saturated heterocycles. The topological polar surface area (TPSA) is 70.0 Å². The van der Waals surface area contributed by atoms with Crippen LogP contribution in [0.2, 0.25) is 0 Å². The fourth-order valence-electron chi connectivity index (χ4n) is 1.30. The number of nitrogens with zero attached hydrogens (tertiary/aromatic N) is 1. The first-order valence-electron chi connectivity index (χ1n) is 4.80. The lowest BCUT2D eigenvalue weighted by molar-refractivity contribution is 0.590. The molecule has 0 aromatic heterocycles. The summed E-state index contributed by atoms with van der Waals surface area (Å²) in [6, 6.07) is 7.13. The molecule has 0 aliphatic rings. The quantitative estimate of drug-likeness (QED) is 0.772. The van der Waals surface area contributed by atoms with E-state index in [1.54, 1.807) is 12.1 Å². The van der Waals surface area contributed by atoms with Crippen molar-refractivity contribution in [3.8, 4) is 6.07 Å². The monoisotopic (exact) mass is 238 g/mol. The van der Waals surface area contributed by atoms with Gasteiger partial charge < -0.3 is 0 Å². The van der Waals surface area contributed by atoms with Crippen LogP contribution in [0.5, 0.6) is 0 Å². The molecule has 5 heteroatoms. The van der Waals surface area contributed by atoms with Gasteiger partial charge in [0.2, 0.25) is 10.9 Å². The number of nitrogens with one attached hydrogen (secondary N) is 1. The molecule has 0 bridgehead atoms. The fourth-order valence-corrected chi connectivity index (χ4v) is 1.69. The van der Waals surface area contributed by atoms with Crippen molar-refractivity contribution < 1.29 is 8.42 Å². The molecular formula is C11H14N2O2S. The molecule has 0 aliphatic carbocycles. The molecule has 0 atom stereocenters. The van der Waals surface area contributed by atoms with Crippen molar-refractivity contribution in [2.75, 3.05) is 4.72 Å². The predicted molar refractivity (Wildman–Crippen MR) is 63.8 cm³/mol. The molecule has 1 rings (SSSR count). The molecule has 0 spiro atoms. The maximum atomic E-state index is 10.5. The van der Waals surface area contributed by atoms with Crippen LogP contribution in [0.25, 0.3) is 0 Å². The molecule has 0 amide bonds. The van der Waals surface area contributed by atoms with E-state index in [1.165, 1.54) is 0 Å². The molecule has 86 valence electrons. The summed E-state index contributed by atoms with van der Waals surface area (Å²) in [5, 5.41) is 8.93. The molecule has 0 radical (unpaired) electrons. The standard InChI is InChI=1S/C11H14N2O2S/c1-11(2,3)9-4-5-10(13-16(14)15)8(6-9)7-12/h4-6,16H,1-3H3,(H,13,14,15). The van der Waals surface area contributed by atoms with Crippen LogP contribution >= 0.6 is 0 Å². The van der Waals surface area contributed by atoms with Gasteiger partial charge in [-0.2, -0.15) is 5.26 Å². The molecule has 0 unspecified atom stereocenters. The van der Waals surface area contributed by atoms with E-state index in [0.717, 1.165) is 5.56 Å². The van der Waals surface area contributed by atoms with Crippen molar-refractivity contribution in [2.45, 2.75) is 26.2 Å². The Balaban J connectivity index is 3.23. The van der Waals surface area contributed by atoms with Gasteiger partial charge in [0.1, 0.15) is 6.07 Å². The van der Waals surface area contributed by atoms with Gasteiger partial charge in [0.25, 0.3) is 0 Å². The van der Waals surface area contributed by atoms with E-state index in [9.17, 15) is 8.42 Å². The van der Waals surface area contributed by atoms with E-state index < -0.39 is 10.9 Å². The van der Waals surface area contributed by atoms with Crippen LogP contribution < -0.4 is 4.72 Å². The zero-order valence-corrected chi connectivity index (χ0v) is 10.3. The number of hydrogen-bond acceptors (Lipinski definition) is 3. The van der Waals surface area contributed by atoms with Gasteiger partial charge in [-0.25, -0.2) is 8.42 Å². The van der Waals surface area contributed by atoms with Crippen LogP contribution in [0, 0.1) is 11.3 Å². The number of hydrogen-bond donors (Lipinski definition) is 2. The fraction of sp³-hybridized carbons (Fsp3) is 0.364. The summed E-state index contributed by atoms with van der Waals surface area (Å²) in [5.74, 6) is 0. The maximum absolute atomic E-state index is 10.5. The van der Waals surface area contributed by atoms with E-state index in [2.05, 4.69) is 4.72 Å². The summed E-state index contributed by atoms with van der Waals surface area (Å²) in [5.41, 5.74) is 1.60. The maximum Gasteiger partial charge on any atom is 0.222 e. The molecule has 0 saturated carbocycles. The minimum absolute atomic E-state index is 0.0657. The Kier molecular flexibility index (Phi) is 3.55. The Morgan fingerprint density at radius 3 is 2.38 bits per heavy atom. The van der Waals surface area contributed by atoms with E-state index >= 15 is 0 Å². The second kappa shape index (κ2) is 4.54. The lowest BCUT2D eigenvalue weighted by Crippen LogP contribution is -2.11. The number of thiol groups is 1. The number of nitriles is 1. The molecule has 1 N–H and O–H groups in total. The Bertz CT molecular complexity index is 500. The summed E-state index contributed by atoms with van der Waals surface area (Å²) in [7, 11) is -2.74.